The van der Waals surface area contributed by atoms with E-state index < -0.39 is 6.10 Å². The number of carbonyl (C=O) groups excluding carboxylic acids is 1. The molecule has 3 N–H and O–H groups in total. The SMILES string of the molecule is Cl.O=C(NCC1CNCC1O)c1sc2cc(Cl)ccc2c1Cl. The van der Waals surface area contributed by atoms with Crippen molar-refractivity contribution in [3.05, 3.63) is 33.1 Å². The third kappa shape index (κ3) is 3.50. The summed E-state index contributed by atoms with van der Waals surface area (Å²) in [6.45, 7) is 1.71. The van der Waals surface area contributed by atoms with Crippen molar-refractivity contribution < 1.29 is 9.90 Å². The zero-order valence-corrected chi connectivity index (χ0v) is 14.6. The van der Waals surface area contributed by atoms with Gasteiger partial charge in [-0.2, -0.15) is 0 Å². The second-order valence-electron chi connectivity index (χ2n) is 5.08. The number of β-amino-alcohol motifs (C(OH)–C–C–N with tert-alkyl or cyclic N) is 1. The van der Waals surface area contributed by atoms with Crippen molar-refractivity contribution in [3.63, 3.8) is 0 Å². The summed E-state index contributed by atoms with van der Waals surface area (Å²) in [6.07, 6.45) is -0.415. The maximum Gasteiger partial charge on any atom is 0.262 e. The quantitative estimate of drug-likeness (QED) is 0.766. The number of thiophene rings is 1. The smallest absolute Gasteiger partial charge is 0.262 e. The Balaban J connectivity index is 0.00000176. The number of aliphatic hydroxyl groups is 1. The number of amides is 1. The summed E-state index contributed by atoms with van der Waals surface area (Å²) < 4.78 is 0.889. The molecule has 1 fully saturated rings. The average Bonchev–Trinajstić information content (AvgIpc) is 3.00. The summed E-state index contributed by atoms with van der Waals surface area (Å²) in [6, 6.07) is 5.37. The first-order valence-corrected chi connectivity index (χ1v) is 8.18. The number of rotatable bonds is 3. The van der Waals surface area contributed by atoms with Gasteiger partial charge in [0.2, 0.25) is 0 Å². The topological polar surface area (TPSA) is 61.4 Å². The Morgan fingerprint density at radius 3 is 2.86 bits per heavy atom. The molecule has 0 spiro atoms. The minimum atomic E-state index is -0.415. The normalized spacial score (nSPS) is 20.9. The molecule has 120 valence electrons. The molecule has 8 heteroatoms. The van der Waals surface area contributed by atoms with Crippen molar-refractivity contribution in [1.82, 2.24) is 10.6 Å². The lowest BCUT2D eigenvalue weighted by molar-refractivity contribution is 0.0931. The van der Waals surface area contributed by atoms with E-state index in [1.165, 1.54) is 11.3 Å². The van der Waals surface area contributed by atoms with E-state index in [9.17, 15) is 9.90 Å². The van der Waals surface area contributed by atoms with Crippen molar-refractivity contribution in [1.29, 1.82) is 0 Å². The van der Waals surface area contributed by atoms with Gasteiger partial charge in [-0.25, -0.2) is 0 Å². The first kappa shape index (κ1) is 17.8. The van der Waals surface area contributed by atoms with Crippen LogP contribution in [0.3, 0.4) is 0 Å². The Bertz CT molecular complexity index is 692. The predicted octanol–water partition coefficient (Wildman–Crippen LogP) is 2.94. The van der Waals surface area contributed by atoms with Crippen molar-refractivity contribution in [2.24, 2.45) is 5.92 Å². The van der Waals surface area contributed by atoms with Crippen molar-refractivity contribution in [3.8, 4) is 0 Å². The van der Waals surface area contributed by atoms with Gasteiger partial charge < -0.3 is 15.7 Å². The van der Waals surface area contributed by atoms with Crippen LogP contribution in [-0.2, 0) is 0 Å². The van der Waals surface area contributed by atoms with E-state index in [-0.39, 0.29) is 24.2 Å². The van der Waals surface area contributed by atoms with E-state index in [1.807, 2.05) is 6.07 Å². The Kier molecular flexibility index (Phi) is 5.94. The fourth-order valence-corrected chi connectivity index (χ4v) is 4.13. The number of carbonyl (C=O) groups is 1. The molecule has 22 heavy (non-hydrogen) atoms. The van der Waals surface area contributed by atoms with Crippen LogP contribution in [0, 0.1) is 5.92 Å². The predicted molar refractivity (Wildman–Crippen MR) is 93.8 cm³/mol. The number of hydrogen-bond donors (Lipinski definition) is 3. The van der Waals surface area contributed by atoms with E-state index in [1.54, 1.807) is 12.1 Å². The van der Waals surface area contributed by atoms with Crippen molar-refractivity contribution in [2.75, 3.05) is 19.6 Å². The second kappa shape index (κ2) is 7.34. The molecular formula is C14H15Cl3N2O2S. The lowest BCUT2D eigenvalue weighted by atomic mass is 10.1. The monoisotopic (exact) mass is 380 g/mol. The van der Waals surface area contributed by atoms with Gasteiger partial charge in [0.05, 0.1) is 11.1 Å². The largest absolute Gasteiger partial charge is 0.391 e. The lowest BCUT2D eigenvalue weighted by Gasteiger charge is -2.13. The number of nitrogens with one attached hydrogen (secondary N) is 2. The standard InChI is InChI=1S/C14H14Cl2N2O2S.ClH/c15-8-1-2-9-11(3-8)21-13(12(9)16)14(20)18-5-7-4-17-6-10(7)19;/h1-3,7,10,17,19H,4-6H2,(H,18,20);1H. The third-order valence-electron chi connectivity index (χ3n) is 3.63. The highest BCUT2D eigenvalue weighted by molar-refractivity contribution is 7.21. The molecule has 2 aromatic rings. The van der Waals surface area contributed by atoms with E-state index in [0.29, 0.717) is 34.6 Å². The third-order valence-corrected chi connectivity index (χ3v) is 5.52. The molecule has 1 aliphatic heterocycles. The fourth-order valence-electron chi connectivity index (χ4n) is 2.42. The number of halogens is 3. The van der Waals surface area contributed by atoms with Crippen LogP contribution in [0.15, 0.2) is 18.2 Å². The Morgan fingerprint density at radius 2 is 2.18 bits per heavy atom. The highest BCUT2D eigenvalue weighted by Crippen LogP contribution is 2.36. The summed E-state index contributed by atoms with van der Waals surface area (Å²) in [5, 5.41) is 17.6. The number of fused-ring (bicyclic) bond motifs is 1. The van der Waals surface area contributed by atoms with Gasteiger partial charge in [0.15, 0.2) is 0 Å². The van der Waals surface area contributed by atoms with Crippen LogP contribution in [0.5, 0.6) is 0 Å². The summed E-state index contributed by atoms with van der Waals surface area (Å²) in [4.78, 5) is 12.7. The molecule has 4 nitrogen and oxygen atoms in total. The molecule has 0 aliphatic carbocycles. The Hall–Kier alpha value is -0.560. The van der Waals surface area contributed by atoms with Crippen LogP contribution in [0.25, 0.3) is 10.1 Å². The average molecular weight is 382 g/mol. The van der Waals surface area contributed by atoms with Gasteiger partial charge in [0, 0.05) is 40.7 Å². The van der Waals surface area contributed by atoms with Crippen LogP contribution in [-0.4, -0.2) is 36.8 Å². The molecular weight excluding hydrogens is 367 g/mol. The molecule has 1 aromatic heterocycles. The number of benzene rings is 1. The lowest BCUT2D eigenvalue weighted by Crippen LogP contribution is -2.34. The summed E-state index contributed by atoms with van der Waals surface area (Å²) in [5.74, 6) is -0.173. The molecule has 2 atom stereocenters. The highest BCUT2D eigenvalue weighted by Gasteiger charge is 2.26. The Morgan fingerprint density at radius 1 is 1.41 bits per heavy atom. The zero-order chi connectivity index (χ0) is 15.0. The number of aliphatic hydroxyl groups excluding tert-OH is 1. The minimum Gasteiger partial charge on any atom is -0.391 e. The van der Waals surface area contributed by atoms with Crippen LogP contribution >= 0.6 is 46.9 Å². The molecule has 1 amide bonds. The fraction of sp³-hybridized carbons (Fsp3) is 0.357. The molecule has 0 radical (unpaired) electrons. The molecule has 2 heterocycles. The van der Waals surface area contributed by atoms with E-state index in [0.717, 1.165) is 10.1 Å². The summed E-state index contributed by atoms with van der Waals surface area (Å²) in [7, 11) is 0. The van der Waals surface area contributed by atoms with Gasteiger partial charge in [-0.3, -0.25) is 4.79 Å². The zero-order valence-electron chi connectivity index (χ0n) is 11.4. The van der Waals surface area contributed by atoms with Crippen molar-refractivity contribution >= 4 is 62.9 Å². The molecule has 1 saturated heterocycles. The Labute approximate surface area is 148 Å². The van der Waals surface area contributed by atoms with E-state index in [2.05, 4.69) is 10.6 Å². The van der Waals surface area contributed by atoms with E-state index >= 15 is 0 Å². The highest BCUT2D eigenvalue weighted by atomic mass is 35.5. The summed E-state index contributed by atoms with van der Waals surface area (Å²) >= 11 is 13.5. The second-order valence-corrected chi connectivity index (χ2v) is 6.95. The molecule has 0 bridgehead atoms. The first-order valence-electron chi connectivity index (χ1n) is 6.61. The number of hydrogen-bond acceptors (Lipinski definition) is 4. The maximum atomic E-state index is 12.3. The van der Waals surface area contributed by atoms with E-state index in [4.69, 9.17) is 23.2 Å². The van der Waals surface area contributed by atoms with Crippen molar-refractivity contribution in [2.45, 2.75) is 6.10 Å². The molecule has 2 unspecified atom stereocenters. The van der Waals surface area contributed by atoms with Gasteiger partial charge in [-0.15, -0.1) is 23.7 Å². The molecule has 0 saturated carbocycles. The molecule has 1 aliphatic rings. The minimum absolute atomic E-state index is 0. The molecule has 1 aromatic carbocycles. The van der Waals surface area contributed by atoms with Gasteiger partial charge >= 0.3 is 0 Å². The van der Waals surface area contributed by atoms with Crippen LogP contribution in [0.1, 0.15) is 9.67 Å². The van der Waals surface area contributed by atoms with Gasteiger partial charge in [0.25, 0.3) is 5.91 Å². The first-order chi connectivity index (χ1) is 10.1. The van der Waals surface area contributed by atoms with Crippen LogP contribution < -0.4 is 10.6 Å². The van der Waals surface area contributed by atoms with Crippen LogP contribution in [0.2, 0.25) is 10.0 Å². The van der Waals surface area contributed by atoms with Crippen LogP contribution in [0.4, 0.5) is 0 Å². The van der Waals surface area contributed by atoms with Gasteiger partial charge in [-0.05, 0) is 12.1 Å². The maximum absolute atomic E-state index is 12.3. The molecule has 3 rings (SSSR count). The summed E-state index contributed by atoms with van der Waals surface area (Å²) in [5.41, 5.74) is 0. The van der Waals surface area contributed by atoms with Gasteiger partial charge in [-0.1, -0.05) is 29.3 Å². The van der Waals surface area contributed by atoms with Gasteiger partial charge in [0.1, 0.15) is 4.88 Å².